The highest BCUT2D eigenvalue weighted by Crippen LogP contribution is 2.35. The van der Waals surface area contributed by atoms with Crippen molar-refractivity contribution >= 4 is 61.9 Å². The Kier molecular flexibility index (Phi) is 4.47. The van der Waals surface area contributed by atoms with Crippen LogP contribution in [0.4, 0.5) is 5.69 Å². The van der Waals surface area contributed by atoms with Crippen molar-refractivity contribution in [3.05, 3.63) is 43.5 Å². The lowest BCUT2D eigenvalue weighted by atomic mass is 10.2. The van der Waals surface area contributed by atoms with E-state index in [1.54, 1.807) is 0 Å². The topological polar surface area (TPSA) is 70.0 Å². The number of rotatable bonds is 3. The van der Waals surface area contributed by atoms with Crippen molar-refractivity contribution in [1.29, 1.82) is 5.26 Å². The molecular weight excluding hydrogens is 363 g/mol. The average molecular weight is 368 g/mol. The predicted octanol–water partition coefficient (Wildman–Crippen LogP) is 4.38. The number of nitriles is 1. The van der Waals surface area contributed by atoms with E-state index >= 15 is 0 Å². The molecule has 2 aromatic rings. The summed E-state index contributed by atoms with van der Waals surface area (Å²) in [6.07, 6.45) is 0. The Morgan fingerprint density at radius 3 is 2.40 bits per heavy atom. The van der Waals surface area contributed by atoms with Crippen LogP contribution >= 0.6 is 46.1 Å². The molecule has 4 nitrogen and oxygen atoms in total. The van der Waals surface area contributed by atoms with Crippen LogP contribution in [0.15, 0.2) is 29.2 Å². The number of anilines is 1. The first-order valence-electron chi connectivity index (χ1n) is 5.01. The summed E-state index contributed by atoms with van der Waals surface area (Å²) in [6.45, 7) is 0. The molecule has 0 amide bonds. The van der Waals surface area contributed by atoms with E-state index in [4.69, 9.17) is 40.1 Å². The molecule has 0 fully saturated rings. The van der Waals surface area contributed by atoms with E-state index in [-0.39, 0.29) is 24.3 Å². The van der Waals surface area contributed by atoms with Crippen molar-refractivity contribution in [1.82, 2.24) is 0 Å². The summed E-state index contributed by atoms with van der Waals surface area (Å²) in [4.78, 5) is -0.116. The number of sulfonamides is 1. The number of thiophene rings is 1. The highest BCUT2D eigenvalue weighted by molar-refractivity contribution is 7.93. The third-order valence-electron chi connectivity index (χ3n) is 2.26. The van der Waals surface area contributed by atoms with E-state index in [0.29, 0.717) is 5.56 Å². The molecule has 104 valence electrons. The summed E-state index contributed by atoms with van der Waals surface area (Å²) in [6, 6.07) is 7.38. The van der Waals surface area contributed by atoms with Crippen LogP contribution in [0.3, 0.4) is 0 Å². The van der Waals surface area contributed by atoms with Gasteiger partial charge in [-0.25, -0.2) is 8.42 Å². The maximum atomic E-state index is 12.2. The quantitative estimate of drug-likeness (QED) is 0.875. The molecule has 1 aromatic heterocycles. The van der Waals surface area contributed by atoms with Gasteiger partial charge in [-0.1, -0.05) is 34.8 Å². The van der Waals surface area contributed by atoms with E-state index in [2.05, 4.69) is 4.72 Å². The molecule has 0 atom stereocenters. The first-order chi connectivity index (χ1) is 9.33. The van der Waals surface area contributed by atoms with Gasteiger partial charge in [0, 0.05) is 0 Å². The zero-order valence-corrected chi connectivity index (χ0v) is 13.4. The Hall–Kier alpha value is -0.970. The molecule has 0 saturated carbocycles. The number of nitrogens with one attached hydrogen (secondary N) is 1. The van der Waals surface area contributed by atoms with Crippen molar-refractivity contribution in [2.75, 3.05) is 4.72 Å². The number of benzene rings is 1. The zero-order valence-electron chi connectivity index (χ0n) is 9.52. The second kappa shape index (κ2) is 5.80. The molecule has 0 bridgehead atoms. The SMILES string of the molecule is N#Cc1ccc(NS(=O)(=O)c2cc(Cl)sc2Cl)c(Cl)c1. The van der Waals surface area contributed by atoms with Gasteiger partial charge in [-0.15, -0.1) is 11.3 Å². The number of hydrogen-bond donors (Lipinski definition) is 1. The fourth-order valence-corrected chi connectivity index (χ4v) is 4.89. The highest BCUT2D eigenvalue weighted by Gasteiger charge is 2.22. The molecule has 0 aliphatic rings. The summed E-state index contributed by atoms with van der Waals surface area (Å²) in [7, 11) is -3.89. The van der Waals surface area contributed by atoms with Gasteiger partial charge < -0.3 is 0 Å². The van der Waals surface area contributed by atoms with Gasteiger partial charge in [0.15, 0.2) is 0 Å². The van der Waals surface area contributed by atoms with Gasteiger partial charge in [0.1, 0.15) is 9.23 Å². The first kappa shape index (κ1) is 15.4. The summed E-state index contributed by atoms with van der Waals surface area (Å²) < 4.78 is 27.0. The van der Waals surface area contributed by atoms with E-state index in [0.717, 1.165) is 11.3 Å². The van der Waals surface area contributed by atoms with Crippen LogP contribution < -0.4 is 4.72 Å². The second-order valence-electron chi connectivity index (χ2n) is 3.60. The molecular formula is C11H5Cl3N2O2S2. The molecule has 0 unspecified atom stereocenters. The largest absolute Gasteiger partial charge is 0.278 e. The van der Waals surface area contributed by atoms with Gasteiger partial charge in [-0.05, 0) is 24.3 Å². The Labute approximate surface area is 134 Å². The van der Waals surface area contributed by atoms with Crippen LogP contribution in [0.25, 0.3) is 0 Å². The normalized spacial score (nSPS) is 11.1. The highest BCUT2D eigenvalue weighted by atomic mass is 35.5. The molecule has 1 heterocycles. The molecule has 0 spiro atoms. The molecule has 0 saturated heterocycles. The Bertz CT molecular complexity index is 810. The molecule has 0 radical (unpaired) electrons. The Morgan fingerprint density at radius 2 is 1.90 bits per heavy atom. The van der Waals surface area contributed by atoms with Crippen molar-refractivity contribution in [3.8, 4) is 6.07 Å². The fraction of sp³-hybridized carbons (Fsp3) is 0. The monoisotopic (exact) mass is 366 g/mol. The van der Waals surface area contributed by atoms with Crippen molar-refractivity contribution in [2.45, 2.75) is 4.90 Å². The summed E-state index contributed by atoms with van der Waals surface area (Å²) in [5.41, 5.74) is 0.485. The van der Waals surface area contributed by atoms with E-state index < -0.39 is 10.0 Å². The van der Waals surface area contributed by atoms with Gasteiger partial charge in [0.2, 0.25) is 0 Å². The molecule has 0 aliphatic heterocycles. The molecule has 9 heteroatoms. The first-order valence-corrected chi connectivity index (χ1v) is 8.44. The minimum absolute atomic E-state index is 0.0623. The van der Waals surface area contributed by atoms with E-state index in [1.165, 1.54) is 24.3 Å². The van der Waals surface area contributed by atoms with Crippen molar-refractivity contribution in [2.24, 2.45) is 0 Å². The molecule has 1 N–H and O–H groups in total. The number of hydrogen-bond acceptors (Lipinski definition) is 4. The number of halogens is 3. The van der Waals surface area contributed by atoms with Gasteiger partial charge in [-0.2, -0.15) is 5.26 Å². The van der Waals surface area contributed by atoms with Crippen molar-refractivity contribution in [3.63, 3.8) is 0 Å². The lowest BCUT2D eigenvalue weighted by molar-refractivity contribution is 0.601. The predicted molar refractivity (Wildman–Crippen MR) is 81.3 cm³/mol. The Balaban J connectivity index is 2.39. The van der Waals surface area contributed by atoms with E-state index in [9.17, 15) is 8.42 Å². The average Bonchev–Trinajstić information content (AvgIpc) is 2.71. The molecule has 20 heavy (non-hydrogen) atoms. The van der Waals surface area contributed by atoms with Crippen LogP contribution in [0, 0.1) is 11.3 Å². The standard InChI is InChI=1S/C11H5Cl3N2O2S2/c12-7-3-6(5-15)1-2-8(7)16-20(17,18)9-4-10(13)19-11(9)14/h1-4,16H. The smallest absolute Gasteiger partial charge is 0.264 e. The summed E-state index contributed by atoms with van der Waals surface area (Å²) >= 11 is 18.4. The van der Waals surface area contributed by atoms with Gasteiger partial charge in [0.25, 0.3) is 10.0 Å². The van der Waals surface area contributed by atoms with Gasteiger partial charge in [0.05, 0.1) is 26.7 Å². The maximum absolute atomic E-state index is 12.2. The third kappa shape index (κ3) is 3.19. The van der Waals surface area contributed by atoms with Gasteiger partial charge in [-0.3, -0.25) is 4.72 Å². The van der Waals surface area contributed by atoms with Crippen LogP contribution in [0.2, 0.25) is 13.7 Å². The maximum Gasteiger partial charge on any atom is 0.264 e. The minimum atomic E-state index is -3.89. The third-order valence-corrected chi connectivity index (χ3v) is 5.69. The van der Waals surface area contributed by atoms with Crippen molar-refractivity contribution < 1.29 is 8.42 Å². The molecule has 1 aromatic carbocycles. The second-order valence-corrected chi connectivity index (χ2v) is 7.94. The van der Waals surface area contributed by atoms with Crippen LogP contribution in [0.1, 0.15) is 5.56 Å². The number of nitrogens with zero attached hydrogens (tertiary/aromatic N) is 1. The van der Waals surface area contributed by atoms with Crippen LogP contribution in [-0.2, 0) is 10.0 Å². The van der Waals surface area contributed by atoms with Crippen LogP contribution in [-0.4, -0.2) is 8.42 Å². The lowest BCUT2D eigenvalue weighted by Crippen LogP contribution is -2.12. The lowest BCUT2D eigenvalue weighted by Gasteiger charge is -2.08. The Morgan fingerprint density at radius 1 is 1.20 bits per heavy atom. The van der Waals surface area contributed by atoms with Crippen LogP contribution in [0.5, 0.6) is 0 Å². The summed E-state index contributed by atoms with van der Waals surface area (Å²) in [5, 5.41) is 8.84. The fourth-order valence-electron chi connectivity index (χ4n) is 1.38. The zero-order chi connectivity index (χ0) is 14.9. The minimum Gasteiger partial charge on any atom is -0.278 e. The molecule has 2 rings (SSSR count). The molecule has 0 aliphatic carbocycles. The van der Waals surface area contributed by atoms with E-state index in [1.807, 2.05) is 6.07 Å². The summed E-state index contributed by atoms with van der Waals surface area (Å²) in [5.74, 6) is 0. The van der Waals surface area contributed by atoms with Gasteiger partial charge >= 0.3 is 0 Å².